The number of nitrogens with one attached hydrogen (secondary N) is 1. The Morgan fingerprint density at radius 3 is 2.59 bits per heavy atom. The van der Waals surface area contributed by atoms with Gasteiger partial charge in [0, 0.05) is 24.5 Å². The lowest BCUT2D eigenvalue weighted by Gasteiger charge is -2.30. The molecular formula is C22H23BrN2OS. The van der Waals surface area contributed by atoms with Crippen molar-refractivity contribution in [1.82, 2.24) is 10.2 Å². The van der Waals surface area contributed by atoms with Crippen LogP contribution in [0.25, 0.3) is 0 Å². The Labute approximate surface area is 173 Å². The van der Waals surface area contributed by atoms with Crippen LogP contribution < -0.4 is 10.1 Å². The van der Waals surface area contributed by atoms with E-state index in [-0.39, 0.29) is 6.04 Å². The Morgan fingerprint density at radius 2 is 1.78 bits per heavy atom. The van der Waals surface area contributed by atoms with Gasteiger partial charge in [-0.3, -0.25) is 4.90 Å². The maximum absolute atomic E-state index is 6.09. The van der Waals surface area contributed by atoms with Crippen molar-refractivity contribution in [2.75, 3.05) is 26.2 Å². The van der Waals surface area contributed by atoms with Gasteiger partial charge >= 0.3 is 0 Å². The molecule has 2 heterocycles. The van der Waals surface area contributed by atoms with Gasteiger partial charge in [0.25, 0.3) is 0 Å². The van der Waals surface area contributed by atoms with Crippen LogP contribution >= 0.6 is 27.3 Å². The predicted octanol–water partition coefficient (Wildman–Crippen LogP) is 5.69. The second kappa shape index (κ2) is 9.02. The molecule has 2 aromatic carbocycles. The first kappa shape index (κ1) is 18.7. The van der Waals surface area contributed by atoms with Gasteiger partial charge in [0.15, 0.2) is 0 Å². The number of nitrogens with zero attached hydrogens (tertiary/aromatic N) is 1. The zero-order valence-electron chi connectivity index (χ0n) is 15.1. The van der Waals surface area contributed by atoms with Crippen LogP contribution in [-0.2, 0) is 0 Å². The van der Waals surface area contributed by atoms with E-state index in [0.29, 0.717) is 0 Å². The largest absolute Gasteiger partial charge is 0.457 e. The molecule has 27 heavy (non-hydrogen) atoms. The summed E-state index contributed by atoms with van der Waals surface area (Å²) in [5.74, 6) is 1.75. The molecule has 1 aliphatic rings. The number of thiophene rings is 1. The highest BCUT2D eigenvalue weighted by atomic mass is 79.9. The number of para-hydroxylation sites is 1. The van der Waals surface area contributed by atoms with E-state index in [1.165, 1.54) is 20.6 Å². The number of rotatable bonds is 5. The molecule has 0 bridgehead atoms. The SMILES string of the molecule is Brc1ccc(C(c2cccc(Oc3ccccc3)c2)N2CCCNCC2)s1. The molecule has 5 heteroatoms. The molecule has 1 N–H and O–H groups in total. The molecule has 140 valence electrons. The van der Waals surface area contributed by atoms with Crippen LogP contribution in [0.2, 0.25) is 0 Å². The summed E-state index contributed by atoms with van der Waals surface area (Å²) in [5, 5.41) is 3.51. The van der Waals surface area contributed by atoms with Crippen LogP contribution in [0.5, 0.6) is 11.5 Å². The van der Waals surface area contributed by atoms with E-state index in [0.717, 1.165) is 37.7 Å². The van der Waals surface area contributed by atoms with Crippen LogP contribution in [0.15, 0.2) is 70.5 Å². The van der Waals surface area contributed by atoms with Crippen molar-refractivity contribution in [3.8, 4) is 11.5 Å². The fourth-order valence-corrected chi connectivity index (χ4v) is 5.11. The highest BCUT2D eigenvalue weighted by Crippen LogP contribution is 2.37. The Bertz CT molecular complexity index is 860. The van der Waals surface area contributed by atoms with Crippen molar-refractivity contribution >= 4 is 27.3 Å². The first-order valence-corrected chi connectivity index (χ1v) is 10.9. The van der Waals surface area contributed by atoms with Gasteiger partial charge in [0.2, 0.25) is 0 Å². The fourth-order valence-electron chi connectivity index (χ4n) is 3.53. The molecule has 0 amide bonds. The summed E-state index contributed by atoms with van der Waals surface area (Å²) < 4.78 is 7.26. The van der Waals surface area contributed by atoms with Gasteiger partial charge in [-0.05, 0) is 70.9 Å². The van der Waals surface area contributed by atoms with Gasteiger partial charge < -0.3 is 10.1 Å². The van der Waals surface area contributed by atoms with Gasteiger partial charge in [-0.1, -0.05) is 30.3 Å². The third-order valence-electron chi connectivity index (χ3n) is 4.76. The number of halogens is 1. The van der Waals surface area contributed by atoms with Gasteiger partial charge in [0.05, 0.1) is 9.83 Å². The van der Waals surface area contributed by atoms with E-state index in [9.17, 15) is 0 Å². The molecule has 1 aromatic heterocycles. The minimum Gasteiger partial charge on any atom is -0.457 e. The molecule has 0 aliphatic carbocycles. The summed E-state index contributed by atoms with van der Waals surface area (Å²) in [6.45, 7) is 4.26. The van der Waals surface area contributed by atoms with Crippen molar-refractivity contribution in [1.29, 1.82) is 0 Å². The van der Waals surface area contributed by atoms with E-state index >= 15 is 0 Å². The maximum atomic E-state index is 6.09. The van der Waals surface area contributed by atoms with Crippen LogP contribution in [-0.4, -0.2) is 31.1 Å². The summed E-state index contributed by atoms with van der Waals surface area (Å²) in [6.07, 6.45) is 1.17. The third-order valence-corrected chi connectivity index (χ3v) is 6.43. The van der Waals surface area contributed by atoms with E-state index < -0.39 is 0 Å². The van der Waals surface area contributed by atoms with E-state index in [2.05, 4.69) is 56.5 Å². The lowest BCUT2D eigenvalue weighted by molar-refractivity contribution is 0.243. The minimum atomic E-state index is 0.250. The Balaban J connectivity index is 1.66. The molecule has 3 aromatic rings. The number of hydrogen-bond donors (Lipinski definition) is 1. The zero-order chi connectivity index (χ0) is 18.5. The highest BCUT2D eigenvalue weighted by Gasteiger charge is 2.25. The van der Waals surface area contributed by atoms with Crippen molar-refractivity contribution < 1.29 is 4.74 Å². The van der Waals surface area contributed by atoms with Gasteiger partial charge in [-0.2, -0.15) is 0 Å². The number of benzene rings is 2. The standard InChI is InChI=1S/C22H23BrN2OS/c23-21-11-10-20(27-21)22(25-14-5-12-24-13-15-25)17-6-4-9-19(16-17)26-18-7-2-1-3-8-18/h1-4,6-11,16,22,24H,5,12-15H2. The van der Waals surface area contributed by atoms with Crippen molar-refractivity contribution in [3.05, 3.63) is 81.0 Å². The normalized spacial score (nSPS) is 16.6. The topological polar surface area (TPSA) is 24.5 Å². The maximum Gasteiger partial charge on any atom is 0.127 e. The highest BCUT2D eigenvalue weighted by molar-refractivity contribution is 9.11. The molecular weight excluding hydrogens is 420 g/mol. The second-order valence-corrected chi connectivity index (χ2v) is 9.17. The molecule has 1 fully saturated rings. The Morgan fingerprint density at radius 1 is 0.926 bits per heavy atom. The van der Waals surface area contributed by atoms with Crippen LogP contribution in [0.3, 0.4) is 0 Å². The lowest BCUT2D eigenvalue weighted by Crippen LogP contribution is -2.32. The molecule has 1 saturated heterocycles. The first-order chi connectivity index (χ1) is 13.3. The molecule has 3 nitrogen and oxygen atoms in total. The number of ether oxygens (including phenoxy) is 1. The zero-order valence-corrected chi connectivity index (χ0v) is 17.5. The smallest absolute Gasteiger partial charge is 0.127 e. The first-order valence-electron chi connectivity index (χ1n) is 9.32. The second-order valence-electron chi connectivity index (χ2n) is 6.67. The average molecular weight is 443 g/mol. The fraction of sp³-hybridized carbons (Fsp3) is 0.273. The van der Waals surface area contributed by atoms with Crippen molar-refractivity contribution in [2.45, 2.75) is 12.5 Å². The van der Waals surface area contributed by atoms with Gasteiger partial charge in [0.1, 0.15) is 11.5 Å². The summed E-state index contributed by atoms with van der Waals surface area (Å²) in [6, 6.07) is 23.1. The molecule has 1 unspecified atom stereocenters. The molecule has 0 radical (unpaired) electrons. The van der Waals surface area contributed by atoms with Crippen molar-refractivity contribution in [3.63, 3.8) is 0 Å². The quantitative estimate of drug-likeness (QED) is 0.549. The predicted molar refractivity (Wildman–Crippen MR) is 116 cm³/mol. The Kier molecular flexibility index (Phi) is 6.24. The lowest BCUT2D eigenvalue weighted by atomic mass is 10.0. The van der Waals surface area contributed by atoms with Crippen molar-refractivity contribution in [2.24, 2.45) is 0 Å². The summed E-state index contributed by atoms with van der Waals surface area (Å²) >= 11 is 5.45. The van der Waals surface area contributed by atoms with Crippen LogP contribution in [0.4, 0.5) is 0 Å². The van der Waals surface area contributed by atoms with Crippen LogP contribution in [0.1, 0.15) is 22.9 Å². The summed E-state index contributed by atoms with van der Waals surface area (Å²) in [7, 11) is 0. The van der Waals surface area contributed by atoms with Crippen LogP contribution in [0, 0.1) is 0 Å². The monoisotopic (exact) mass is 442 g/mol. The summed E-state index contributed by atoms with van der Waals surface area (Å²) in [4.78, 5) is 3.94. The molecule has 1 atom stereocenters. The average Bonchev–Trinajstić information content (AvgIpc) is 2.94. The van der Waals surface area contributed by atoms with E-state index in [1.54, 1.807) is 0 Å². The molecule has 1 aliphatic heterocycles. The Hall–Kier alpha value is -1.66. The number of hydrogen-bond acceptors (Lipinski definition) is 4. The van der Waals surface area contributed by atoms with Gasteiger partial charge in [-0.25, -0.2) is 0 Å². The third kappa shape index (κ3) is 4.79. The summed E-state index contributed by atoms with van der Waals surface area (Å²) in [5.41, 5.74) is 1.28. The van der Waals surface area contributed by atoms with E-state index in [1.807, 2.05) is 47.7 Å². The van der Waals surface area contributed by atoms with Gasteiger partial charge in [-0.15, -0.1) is 11.3 Å². The molecule has 4 rings (SSSR count). The molecule has 0 saturated carbocycles. The van der Waals surface area contributed by atoms with E-state index in [4.69, 9.17) is 4.74 Å². The molecule has 0 spiro atoms. The minimum absolute atomic E-state index is 0.250.